The van der Waals surface area contributed by atoms with Crippen molar-refractivity contribution in [1.82, 2.24) is 14.8 Å². The summed E-state index contributed by atoms with van der Waals surface area (Å²) in [5, 5.41) is 7.26. The normalized spacial score (nSPS) is 11.5. The minimum absolute atomic E-state index is 0.208. The number of rotatable bonds is 2. The molecule has 0 atom stereocenters. The van der Waals surface area contributed by atoms with Gasteiger partial charge in [0, 0.05) is 16.8 Å². The van der Waals surface area contributed by atoms with Crippen LogP contribution in [0.2, 0.25) is 0 Å². The third-order valence-corrected chi connectivity index (χ3v) is 4.80. The van der Waals surface area contributed by atoms with Crippen molar-refractivity contribution in [3.8, 4) is 0 Å². The fourth-order valence-corrected chi connectivity index (χ4v) is 3.80. The van der Waals surface area contributed by atoms with Gasteiger partial charge in [0.2, 0.25) is 0 Å². The van der Waals surface area contributed by atoms with Crippen LogP contribution in [0.5, 0.6) is 0 Å². The zero-order valence-corrected chi connectivity index (χ0v) is 12.6. The maximum absolute atomic E-state index is 13.1. The molecule has 0 fully saturated rings. The van der Waals surface area contributed by atoms with E-state index in [2.05, 4.69) is 16.3 Å². The Balaban J connectivity index is 2.00. The Labute approximate surface area is 128 Å². The van der Waals surface area contributed by atoms with Crippen LogP contribution in [0.25, 0.3) is 21.1 Å². The van der Waals surface area contributed by atoms with Gasteiger partial charge in [-0.2, -0.15) is 5.10 Å². The highest BCUT2D eigenvalue weighted by molar-refractivity contribution is 7.20. The summed E-state index contributed by atoms with van der Waals surface area (Å²) in [4.78, 5) is 13.4. The molecule has 0 saturated heterocycles. The zero-order valence-electron chi connectivity index (χ0n) is 11.8. The Morgan fingerprint density at radius 2 is 2.09 bits per heavy atom. The van der Waals surface area contributed by atoms with Gasteiger partial charge in [0.05, 0.1) is 16.4 Å². The van der Waals surface area contributed by atoms with Gasteiger partial charge in [-0.15, -0.1) is 11.3 Å². The van der Waals surface area contributed by atoms with E-state index in [1.54, 1.807) is 29.7 Å². The maximum atomic E-state index is 13.1. The van der Waals surface area contributed by atoms with Crippen molar-refractivity contribution in [3.05, 3.63) is 63.1 Å². The van der Waals surface area contributed by atoms with E-state index >= 15 is 0 Å². The monoisotopic (exact) mass is 313 g/mol. The predicted octanol–water partition coefficient (Wildman–Crippen LogP) is 3.44. The molecule has 1 aromatic carbocycles. The highest BCUT2D eigenvalue weighted by atomic mass is 32.1. The molecule has 0 amide bonds. The Hall–Kier alpha value is -2.47. The number of hydrogen-bond acceptors (Lipinski definition) is 3. The van der Waals surface area contributed by atoms with Gasteiger partial charge in [-0.1, -0.05) is 12.1 Å². The molecule has 3 heterocycles. The van der Waals surface area contributed by atoms with Crippen LogP contribution in [0.4, 0.5) is 4.39 Å². The van der Waals surface area contributed by atoms with Crippen molar-refractivity contribution in [2.24, 2.45) is 0 Å². The molecule has 0 unspecified atom stereocenters. The van der Waals surface area contributed by atoms with E-state index in [9.17, 15) is 9.18 Å². The summed E-state index contributed by atoms with van der Waals surface area (Å²) in [6.07, 6.45) is 1.69. The number of halogens is 1. The van der Waals surface area contributed by atoms with E-state index in [1.165, 1.54) is 17.0 Å². The molecule has 0 aliphatic rings. The second kappa shape index (κ2) is 4.78. The molecule has 1 N–H and O–H groups in total. The summed E-state index contributed by atoms with van der Waals surface area (Å²) in [7, 11) is 0. The number of nitrogens with zero attached hydrogens (tertiary/aromatic N) is 2. The van der Waals surface area contributed by atoms with Gasteiger partial charge in [-0.3, -0.25) is 4.79 Å². The van der Waals surface area contributed by atoms with Crippen molar-refractivity contribution in [1.29, 1.82) is 0 Å². The summed E-state index contributed by atoms with van der Waals surface area (Å²) in [6.45, 7) is 2.56. The first-order chi connectivity index (χ1) is 10.6. The number of fused-ring (bicyclic) bond motifs is 3. The number of aromatic nitrogens is 3. The summed E-state index contributed by atoms with van der Waals surface area (Å²) in [5.41, 5.74) is 2.36. The molecule has 3 aromatic heterocycles. The molecule has 110 valence electrons. The van der Waals surface area contributed by atoms with E-state index in [1.807, 2.05) is 11.5 Å². The Morgan fingerprint density at radius 1 is 1.32 bits per heavy atom. The summed E-state index contributed by atoms with van der Waals surface area (Å²) < 4.78 is 16.1. The molecule has 4 aromatic rings. The van der Waals surface area contributed by atoms with Crippen molar-refractivity contribution >= 4 is 32.5 Å². The van der Waals surface area contributed by atoms with Crippen LogP contribution in [0.3, 0.4) is 0 Å². The van der Waals surface area contributed by atoms with E-state index < -0.39 is 0 Å². The van der Waals surface area contributed by atoms with Crippen LogP contribution in [-0.4, -0.2) is 14.8 Å². The van der Waals surface area contributed by atoms with E-state index in [0.717, 1.165) is 21.2 Å². The molecule has 0 spiro atoms. The lowest BCUT2D eigenvalue weighted by Gasteiger charge is -2.06. The molecule has 0 bridgehead atoms. The topological polar surface area (TPSA) is 50.7 Å². The number of hydrogen-bond donors (Lipinski definition) is 1. The lowest BCUT2D eigenvalue weighted by atomic mass is 10.2. The van der Waals surface area contributed by atoms with Gasteiger partial charge in [-0.25, -0.2) is 9.49 Å². The third kappa shape index (κ3) is 1.95. The minimum atomic E-state index is -0.264. The average molecular weight is 313 g/mol. The number of aromatic amines is 1. The Kier molecular flexibility index (Phi) is 2.87. The van der Waals surface area contributed by atoms with Crippen LogP contribution in [0, 0.1) is 12.7 Å². The number of benzene rings is 1. The standard InChI is InChI=1S/C16H12FN3OS/c1-9-6-13-15(22-9)12-7-18-19-16(21)14(12)20(13)8-10-2-4-11(17)5-3-10/h2-7H,8H2,1H3,(H,19,21). The van der Waals surface area contributed by atoms with Crippen molar-refractivity contribution in [2.45, 2.75) is 13.5 Å². The highest BCUT2D eigenvalue weighted by Gasteiger charge is 2.16. The molecule has 6 heteroatoms. The molecular formula is C16H12FN3OS. The Bertz CT molecular complexity index is 1040. The maximum Gasteiger partial charge on any atom is 0.288 e. The first-order valence-corrected chi connectivity index (χ1v) is 7.65. The summed E-state index contributed by atoms with van der Waals surface area (Å²) >= 11 is 1.65. The largest absolute Gasteiger partial charge is 0.331 e. The first kappa shape index (κ1) is 13.2. The van der Waals surface area contributed by atoms with E-state index in [0.29, 0.717) is 12.1 Å². The molecule has 0 aliphatic carbocycles. The molecule has 0 saturated carbocycles. The minimum Gasteiger partial charge on any atom is -0.331 e. The molecule has 0 radical (unpaired) electrons. The lowest BCUT2D eigenvalue weighted by Crippen LogP contribution is -2.12. The zero-order chi connectivity index (χ0) is 15.3. The number of H-pyrrole nitrogens is 1. The molecule has 22 heavy (non-hydrogen) atoms. The van der Waals surface area contributed by atoms with Gasteiger partial charge < -0.3 is 4.57 Å². The van der Waals surface area contributed by atoms with Gasteiger partial charge in [-0.05, 0) is 30.7 Å². The van der Waals surface area contributed by atoms with Crippen molar-refractivity contribution < 1.29 is 4.39 Å². The SMILES string of the molecule is Cc1cc2c(s1)c1cn[nH]c(=O)c1n2Cc1ccc(F)cc1. The number of nitrogens with one attached hydrogen (secondary N) is 1. The van der Waals surface area contributed by atoms with Crippen LogP contribution in [0.15, 0.2) is 41.3 Å². The fraction of sp³-hybridized carbons (Fsp3) is 0.125. The first-order valence-electron chi connectivity index (χ1n) is 6.84. The third-order valence-electron chi connectivity index (χ3n) is 3.72. The van der Waals surface area contributed by atoms with E-state index in [4.69, 9.17) is 0 Å². The van der Waals surface area contributed by atoms with Gasteiger partial charge in [0.1, 0.15) is 11.3 Å². The highest BCUT2D eigenvalue weighted by Crippen LogP contribution is 2.33. The molecule has 4 rings (SSSR count). The fourth-order valence-electron chi connectivity index (χ4n) is 2.78. The van der Waals surface area contributed by atoms with Crippen LogP contribution in [0.1, 0.15) is 10.4 Å². The van der Waals surface area contributed by atoms with E-state index in [-0.39, 0.29) is 11.4 Å². The summed E-state index contributed by atoms with van der Waals surface area (Å²) in [5.74, 6) is -0.264. The smallest absolute Gasteiger partial charge is 0.288 e. The second-order valence-corrected chi connectivity index (χ2v) is 6.50. The molecule has 4 nitrogen and oxygen atoms in total. The van der Waals surface area contributed by atoms with Gasteiger partial charge in [0.15, 0.2) is 0 Å². The predicted molar refractivity (Wildman–Crippen MR) is 86.0 cm³/mol. The molecule has 0 aliphatic heterocycles. The quantitative estimate of drug-likeness (QED) is 0.616. The summed E-state index contributed by atoms with van der Waals surface area (Å²) in [6, 6.07) is 8.41. The number of thiophene rings is 1. The van der Waals surface area contributed by atoms with Gasteiger partial charge in [0.25, 0.3) is 5.56 Å². The number of aryl methyl sites for hydroxylation is 1. The van der Waals surface area contributed by atoms with Crippen molar-refractivity contribution in [3.63, 3.8) is 0 Å². The van der Waals surface area contributed by atoms with Crippen molar-refractivity contribution in [2.75, 3.05) is 0 Å². The Morgan fingerprint density at radius 3 is 2.86 bits per heavy atom. The van der Waals surface area contributed by atoms with Crippen LogP contribution >= 0.6 is 11.3 Å². The van der Waals surface area contributed by atoms with Gasteiger partial charge >= 0.3 is 0 Å². The molecular weight excluding hydrogens is 301 g/mol. The second-order valence-electron chi connectivity index (χ2n) is 5.25. The average Bonchev–Trinajstić information content (AvgIpc) is 3.00. The lowest BCUT2D eigenvalue weighted by molar-refractivity contribution is 0.626. The van der Waals surface area contributed by atoms with Crippen LogP contribution < -0.4 is 5.56 Å². The van der Waals surface area contributed by atoms with Crippen LogP contribution in [-0.2, 0) is 6.54 Å².